The lowest BCUT2D eigenvalue weighted by molar-refractivity contribution is -0.137. The average molecular weight is 575 g/mol. The molecule has 1 aliphatic heterocycles. The third-order valence-electron chi connectivity index (χ3n) is 8.01. The summed E-state index contributed by atoms with van der Waals surface area (Å²) in [6, 6.07) is 20.5. The Hall–Kier alpha value is -3.44. The first-order valence-corrected chi connectivity index (χ1v) is 16.2. The fourth-order valence-corrected chi connectivity index (χ4v) is 7.31. The Bertz CT molecular complexity index is 1430. The SMILES string of the molecule is CC#C[C@@H](CC(=O)O)c1ccc(OCc2ccc3c(c2)-c2ccc(OCC4CCS(O)(O)CC4)cc2CCC3)cc1. The van der Waals surface area contributed by atoms with Crippen molar-refractivity contribution in [3.05, 3.63) is 82.9 Å². The molecule has 0 amide bonds. The maximum absolute atomic E-state index is 11.2. The van der Waals surface area contributed by atoms with Gasteiger partial charge in [-0.25, -0.2) is 0 Å². The highest BCUT2D eigenvalue weighted by molar-refractivity contribution is 8.24. The van der Waals surface area contributed by atoms with E-state index in [-0.39, 0.29) is 12.3 Å². The molecular weight excluding hydrogens is 536 g/mol. The van der Waals surface area contributed by atoms with E-state index in [2.05, 4.69) is 48.2 Å². The minimum Gasteiger partial charge on any atom is -0.493 e. The zero-order chi connectivity index (χ0) is 28.8. The second kappa shape index (κ2) is 13.0. The van der Waals surface area contributed by atoms with Crippen LogP contribution in [0.3, 0.4) is 0 Å². The number of ether oxygens (including phenoxy) is 2. The van der Waals surface area contributed by atoms with Gasteiger partial charge in [-0.05, 0) is 109 Å². The van der Waals surface area contributed by atoms with Gasteiger partial charge >= 0.3 is 5.97 Å². The van der Waals surface area contributed by atoms with Crippen LogP contribution in [0, 0.1) is 17.8 Å². The molecule has 0 aromatic heterocycles. The van der Waals surface area contributed by atoms with E-state index >= 15 is 0 Å². The Labute approximate surface area is 244 Å². The molecule has 41 heavy (non-hydrogen) atoms. The number of hydrogen-bond donors (Lipinski definition) is 3. The van der Waals surface area contributed by atoms with Crippen LogP contribution in [0.25, 0.3) is 11.1 Å². The molecule has 0 saturated carbocycles. The number of aliphatic carboxylic acids is 1. The molecule has 216 valence electrons. The van der Waals surface area contributed by atoms with Gasteiger partial charge in [-0.2, -0.15) is 10.6 Å². The third kappa shape index (κ3) is 7.65. The van der Waals surface area contributed by atoms with E-state index in [9.17, 15) is 19.0 Å². The summed E-state index contributed by atoms with van der Waals surface area (Å²) in [7, 11) is -2.36. The highest BCUT2D eigenvalue weighted by Gasteiger charge is 2.25. The minimum absolute atomic E-state index is 0.0254. The number of hydrogen-bond acceptors (Lipinski definition) is 5. The van der Waals surface area contributed by atoms with Gasteiger partial charge in [0, 0.05) is 11.5 Å². The molecule has 2 aliphatic rings. The number of carboxylic acid groups (broad SMARTS) is 1. The molecule has 1 saturated heterocycles. The van der Waals surface area contributed by atoms with Crippen LogP contribution in [0.15, 0.2) is 60.7 Å². The lowest BCUT2D eigenvalue weighted by Gasteiger charge is -2.39. The van der Waals surface area contributed by atoms with Gasteiger partial charge in [-0.1, -0.05) is 36.3 Å². The second-order valence-electron chi connectivity index (χ2n) is 11.0. The number of fused-ring (bicyclic) bond motifs is 3. The largest absolute Gasteiger partial charge is 0.493 e. The molecule has 3 aromatic rings. The Morgan fingerprint density at radius 3 is 2.39 bits per heavy atom. The van der Waals surface area contributed by atoms with Crippen molar-refractivity contribution in [2.45, 2.75) is 58.0 Å². The smallest absolute Gasteiger partial charge is 0.304 e. The van der Waals surface area contributed by atoms with E-state index in [0.29, 0.717) is 30.6 Å². The van der Waals surface area contributed by atoms with E-state index in [1.54, 1.807) is 6.92 Å². The molecule has 1 heterocycles. The predicted molar refractivity (Wildman–Crippen MR) is 164 cm³/mol. The monoisotopic (exact) mass is 574 g/mol. The summed E-state index contributed by atoms with van der Waals surface area (Å²) < 4.78 is 32.0. The average Bonchev–Trinajstić information content (AvgIpc) is 3.14. The van der Waals surface area contributed by atoms with Crippen LogP contribution >= 0.6 is 10.6 Å². The number of aryl methyl sites for hydroxylation is 2. The van der Waals surface area contributed by atoms with Gasteiger partial charge in [-0.3, -0.25) is 13.9 Å². The Balaban J connectivity index is 1.24. The molecule has 1 atom stereocenters. The van der Waals surface area contributed by atoms with Gasteiger partial charge in [0.25, 0.3) is 0 Å². The van der Waals surface area contributed by atoms with Crippen molar-refractivity contribution in [3.63, 3.8) is 0 Å². The molecule has 7 heteroatoms. The summed E-state index contributed by atoms with van der Waals surface area (Å²) >= 11 is 0. The standard InChI is InChI=1S/C34H38O6S/c1-2-4-28(21-34(35)36)26-9-11-30(12-10-26)39-23-25-7-8-27-5-3-6-29-20-31(13-14-32(29)33(27)19-25)40-22-24-15-17-41(37,38)18-16-24/h7-14,19-20,24,28,37-38H,3,5-6,15-18,21-23H2,1H3,(H,35,36)/t28-/m0/s1. The van der Waals surface area contributed by atoms with Crippen molar-refractivity contribution in [1.82, 2.24) is 0 Å². The first kappa shape index (κ1) is 29.1. The molecule has 3 N–H and O–H groups in total. The van der Waals surface area contributed by atoms with E-state index < -0.39 is 16.6 Å². The van der Waals surface area contributed by atoms with Crippen LogP contribution in [0.4, 0.5) is 0 Å². The van der Waals surface area contributed by atoms with Crippen LogP contribution in [0.5, 0.6) is 11.5 Å². The number of rotatable bonds is 9. The van der Waals surface area contributed by atoms with Crippen molar-refractivity contribution in [2.75, 3.05) is 18.1 Å². The highest BCUT2D eigenvalue weighted by Crippen LogP contribution is 2.45. The second-order valence-corrected chi connectivity index (χ2v) is 13.5. The Morgan fingerprint density at radius 2 is 1.66 bits per heavy atom. The molecule has 0 bridgehead atoms. The van der Waals surface area contributed by atoms with Crippen LogP contribution < -0.4 is 9.47 Å². The van der Waals surface area contributed by atoms with Gasteiger partial charge in [0.15, 0.2) is 0 Å². The molecular formula is C34H38O6S. The van der Waals surface area contributed by atoms with Crippen molar-refractivity contribution in [3.8, 4) is 34.5 Å². The van der Waals surface area contributed by atoms with E-state index in [1.807, 2.05) is 24.3 Å². The van der Waals surface area contributed by atoms with Crippen molar-refractivity contribution in [1.29, 1.82) is 0 Å². The molecule has 1 aliphatic carbocycles. The number of carbonyl (C=O) groups is 1. The Kier molecular flexibility index (Phi) is 9.24. The highest BCUT2D eigenvalue weighted by atomic mass is 32.3. The fraction of sp³-hybridized carbons (Fsp3) is 0.382. The van der Waals surface area contributed by atoms with Crippen LogP contribution in [-0.2, 0) is 24.2 Å². The first-order chi connectivity index (χ1) is 19.8. The van der Waals surface area contributed by atoms with Gasteiger partial charge < -0.3 is 14.6 Å². The van der Waals surface area contributed by atoms with Crippen LogP contribution in [-0.4, -0.2) is 38.3 Å². The van der Waals surface area contributed by atoms with E-state index in [4.69, 9.17) is 9.47 Å². The zero-order valence-electron chi connectivity index (χ0n) is 23.5. The summed E-state index contributed by atoms with van der Waals surface area (Å²) in [5.41, 5.74) is 7.07. The molecule has 0 radical (unpaired) electrons. The zero-order valence-corrected chi connectivity index (χ0v) is 24.3. The van der Waals surface area contributed by atoms with E-state index in [0.717, 1.165) is 54.7 Å². The molecule has 3 aromatic carbocycles. The lowest BCUT2D eigenvalue weighted by atomic mass is 9.94. The summed E-state index contributed by atoms with van der Waals surface area (Å²) in [5, 5.41) is 9.19. The topological polar surface area (TPSA) is 96.2 Å². The van der Waals surface area contributed by atoms with Gasteiger partial charge in [0.1, 0.15) is 18.1 Å². The molecule has 6 nitrogen and oxygen atoms in total. The number of benzene rings is 3. The lowest BCUT2D eigenvalue weighted by Crippen LogP contribution is -2.24. The molecule has 0 unspecified atom stereocenters. The van der Waals surface area contributed by atoms with Gasteiger partial charge in [0.05, 0.1) is 18.9 Å². The first-order valence-electron chi connectivity index (χ1n) is 14.3. The molecule has 5 rings (SSSR count). The summed E-state index contributed by atoms with van der Waals surface area (Å²) in [5.74, 6) is 7.56. The van der Waals surface area contributed by atoms with Gasteiger partial charge in [0.2, 0.25) is 0 Å². The molecule has 0 spiro atoms. The maximum atomic E-state index is 11.2. The molecule has 1 fully saturated rings. The third-order valence-corrected chi connectivity index (χ3v) is 9.79. The number of carboxylic acids is 1. The fourth-order valence-electron chi connectivity index (χ4n) is 5.68. The quantitative estimate of drug-likeness (QED) is 0.229. The summed E-state index contributed by atoms with van der Waals surface area (Å²) in [6.45, 7) is 2.76. The summed E-state index contributed by atoms with van der Waals surface area (Å²) in [4.78, 5) is 11.2. The van der Waals surface area contributed by atoms with E-state index in [1.165, 1.54) is 22.3 Å². The Morgan fingerprint density at radius 1 is 0.927 bits per heavy atom. The maximum Gasteiger partial charge on any atom is 0.304 e. The minimum atomic E-state index is -2.36. The summed E-state index contributed by atoms with van der Waals surface area (Å²) in [6.07, 6.45) is 4.67. The van der Waals surface area contributed by atoms with Crippen LogP contribution in [0.1, 0.15) is 60.8 Å². The van der Waals surface area contributed by atoms with Crippen molar-refractivity contribution >= 4 is 16.6 Å². The predicted octanol–water partition coefficient (Wildman–Crippen LogP) is 7.54. The van der Waals surface area contributed by atoms with Crippen LogP contribution in [0.2, 0.25) is 0 Å². The van der Waals surface area contributed by atoms with Gasteiger partial charge in [-0.15, -0.1) is 5.92 Å². The normalized spacial score (nSPS) is 17.5. The van der Waals surface area contributed by atoms with Crippen molar-refractivity contribution < 1.29 is 28.5 Å². The van der Waals surface area contributed by atoms with Crippen molar-refractivity contribution in [2.24, 2.45) is 5.92 Å².